The highest BCUT2D eigenvalue weighted by atomic mass is 32.1. The van der Waals surface area contributed by atoms with Crippen LogP contribution in [0.3, 0.4) is 0 Å². The number of aromatic hydroxyl groups is 1. The third kappa shape index (κ3) is 3.30. The van der Waals surface area contributed by atoms with E-state index in [1.54, 1.807) is 23.8 Å². The van der Waals surface area contributed by atoms with Crippen molar-refractivity contribution in [2.45, 2.75) is 6.35 Å². The molecule has 0 saturated carbocycles. The van der Waals surface area contributed by atoms with Gasteiger partial charge < -0.3 is 20.8 Å². The minimum Gasteiger partial charge on any atom is -0.504 e. The van der Waals surface area contributed by atoms with Crippen LogP contribution in [0.5, 0.6) is 5.75 Å². The minimum atomic E-state index is -1.13. The number of rotatable bonds is 5. The second-order valence-corrected chi connectivity index (χ2v) is 5.20. The Bertz CT molecular complexity index is 750. The normalized spacial score (nSPS) is 11.9. The third-order valence-electron chi connectivity index (χ3n) is 2.76. The zero-order valence-corrected chi connectivity index (χ0v) is 12.2. The molecule has 1 unspecified atom stereocenters. The summed E-state index contributed by atoms with van der Waals surface area (Å²) in [4.78, 5) is 12.3. The summed E-state index contributed by atoms with van der Waals surface area (Å²) in [7, 11) is 0. The van der Waals surface area contributed by atoms with E-state index in [1.165, 1.54) is 23.6 Å². The molecule has 0 fully saturated rings. The topological polar surface area (TPSA) is 103 Å². The molecule has 0 aromatic carbocycles. The molecule has 4 N–H and O–H groups in total. The van der Waals surface area contributed by atoms with Crippen LogP contribution in [0, 0.1) is 0 Å². The first-order valence-electron chi connectivity index (χ1n) is 6.43. The molecule has 3 aromatic rings. The van der Waals surface area contributed by atoms with Gasteiger partial charge in [-0.2, -0.15) is 0 Å². The summed E-state index contributed by atoms with van der Waals surface area (Å²) >= 11 is 1.44. The van der Waals surface area contributed by atoms with Gasteiger partial charge in [-0.3, -0.25) is 4.98 Å². The monoisotopic (exact) mass is 315 g/mol. The summed E-state index contributed by atoms with van der Waals surface area (Å²) in [6, 6.07) is 6.83. The molecule has 3 heterocycles. The predicted molar refractivity (Wildman–Crippen MR) is 84.5 cm³/mol. The number of pyridine rings is 2. The quantitative estimate of drug-likeness (QED) is 0.535. The van der Waals surface area contributed by atoms with E-state index in [9.17, 15) is 10.2 Å². The Hall–Kier alpha value is -2.71. The first kappa shape index (κ1) is 14.2. The molecule has 0 radical (unpaired) electrons. The molecule has 0 spiro atoms. The maximum atomic E-state index is 9.94. The highest BCUT2D eigenvalue weighted by Crippen LogP contribution is 2.25. The van der Waals surface area contributed by atoms with Gasteiger partial charge in [0, 0.05) is 29.5 Å². The second-order valence-electron chi connectivity index (χ2n) is 4.34. The Balaban J connectivity index is 1.66. The number of thiazole rings is 1. The van der Waals surface area contributed by atoms with Crippen LogP contribution < -0.4 is 10.6 Å². The van der Waals surface area contributed by atoms with Crippen molar-refractivity contribution >= 4 is 23.0 Å². The van der Waals surface area contributed by atoms with E-state index in [-0.39, 0.29) is 11.6 Å². The molecule has 0 aliphatic carbocycles. The van der Waals surface area contributed by atoms with Crippen molar-refractivity contribution in [3.8, 4) is 16.3 Å². The number of nitrogens with one attached hydrogen (secondary N) is 2. The van der Waals surface area contributed by atoms with Crippen LogP contribution in [-0.4, -0.2) is 31.5 Å². The summed E-state index contributed by atoms with van der Waals surface area (Å²) in [6.07, 6.45) is 3.80. The van der Waals surface area contributed by atoms with E-state index in [4.69, 9.17) is 0 Å². The molecule has 0 aliphatic heterocycles. The summed E-state index contributed by atoms with van der Waals surface area (Å²) in [5.41, 5.74) is 0.908. The van der Waals surface area contributed by atoms with Crippen LogP contribution in [0.2, 0.25) is 0 Å². The van der Waals surface area contributed by atoms with Gasteiger partial charge in [-0.1, -0.05) is 0 Å². The van der Waals surface area contributed by atoms with Crippen LogP contribution in [0.15, 0.2) is 48.2 Å². The van der Waals surface area contributed by atoms with Crippen molar-refractivity contribution in [1.82, 2.24) is 15.0 Å². The lowest BCUT2D eigenvalue weighted by Crippen LogP contribution is -2.28. The highest BCUT2D eigenvalue weighted by molar-refractivity contribution is 7.13. The summed E-state index contributed by atoms with van der Waals surface area (Å²) < 4.78 is 0. The zero-order chi connectivity index (χ0) is 15.4. The van der Waals surface area contributed by atoms with Crippen molar-refractivity contribution in [1.29, 1.82) is 0 Å². The summed E-state index contributed by atoms with van der Waals surface area (Å²) in [5.74, 6) is 0.655. The van der Waals surface area contributed by atoms with Gasteiger partial charge in [0.15, 0.2) is 11.6 Å². The largest absolute Gasteiger partial charge is 0.504 e. The van der Waals surface area contributed by atoms with Gasteiger partial charge in [-0.05, 0) is 24.3 Å². The molecule has 112 valence electrons. The van der Waals surface area contributed by atoms with E-state index in [2.05, 4.69) is 25.6 Å². The fraction of sp³-hybridized carbons (Fsp3) is 0.0714. The molecule has 8 heteroatoms. The first-order valence-corrected chi connectivity index (χ1v) is 7.31. The van der Waals surface area contributed by atoms with Gasteiger partial charge in [0.1, 0.15) is 10.8 Å². The number of aliphatic hydroxyl groups excluding tert-OH is 1. The number of hydrogen-bond acceptors (Lipinski definition) is 8. The smallest absolute Gasteiger partial charge is 0.205 e. The molecular weight excluding hydrogens is 302 g/mol. The number of aromatic nitrogens is 3. The molecule has 0 bridgehead atoms. The Morgan fingerprint density at radius 3 is 2.77 bits per heavy atom. The van der Waals surface area contributed by atoms with Crippen LogP contribution >= 0.6 is 11.3 Å². The van der Waals surface area contributed by atoms with Crippen molar-refractivity contribution in [2.24, 2.45) is 0 Å². The summed E-state index contributed by atoms with van der Waals surface area (Å²) in [5, 5.41) is 27.5. The van der Waals surface area contributed by atoms with Crippen molar-refractivity contribution in [2.75, 3.05) is 10.6 Å². The number of hydrogen-bond donors (Lipinski definition) is 4. The molecule has 22 heavy (non-hydrogen) atoms. The number of anilines is 2. The van der Waals surface area contributed by atoms with Crippen LogP contribution in [0.4, 0.5) is 11.6 Å². The molecule has 7 nitrogen and oxygen atoms in total. The van der Waals surface area contributed by atoms with Gasteiger partial charge in [0.05, 0.1) is 0 Å². The van der Waals surface area contributed by atoms with Crippen molar-refractivity contribution in [3.63, 3.8) is 0 Å². The van der Waals surface area contributed by atoms with Gasteiger partial charge >= 0.3 is 0 Å². The van der Waals surface area contributed by atoms with Gasteiger partial charge in [0.2, 0.25) is 6.35 Å². The lowest BCUT2D eigenvalue weighted by atomic mass is 10.3. The van der Waals surface area contributed by atoms with E-state index in [0.29, 0.717) is 5.82 Å². The van der Waals surface area contributed by atoms with Crippen molar-refractivity contribution in [3.05, 3.63) is 48.2 Å². The molecule has 3 rings (SSSR count). The molecule has 1 atom stereocenters. The maximum Gasteiger partial charge on any atom is 0.205 e. The van der Waals surface area contributed by atoms with Crippen LogP contribution in [0.25, 0.3) is 10.6 Å². The van der Waals surface area contributed by atoms with E-state index in [1.807, 2.05) is 12.1 Å². The van der Waals surface area contributed by atoms with E-state index >= 15 is 0 Å². The van der Waals surface area contributed by atoms with Crippen LogP contribution in [-0.2, 0) is 0 Å². The lowest BCUT2D eigenvalue weighted by Gasteiger charge is -2.14. The summed E-state index contributed by atoms with van der Waals surface area (Å²) in [6.45, 7) is 0. The number of aliphatic hydroxyl groups is 1. The molecule has 0 aliphatic rings. The molecule has 3 aromatic heterocycles. The Kier molecular flexibility index (Phi) is 4.12. The lowest BCUT2D eigenvalue weighted by molar-refractivity contribution is 0.231. The maximum absolute atomic E-state index is 9.94. The second kappa shape index (κ2) is 6.37. The highest BCUT2D eigenvalue weighted by Gasteiger charge is 2.10. The number of nitrogens with zero attached hydrogens (tertiary/aromatic N) is 3. The van der Waals surface area contributed by atoms with Gasteiger partial charge in [-0.15, -0.1) is 11.3 Å². The molecule has 0 amide bonds. The Morgan fingerprint density at radius 1 is 1.14 bits per heavy atom. The van der Waals surface area contributed by atoms with Gasteiger partial charge in [0.25, 0.3) is 0 Å². The van der Waals surface area contributed by atoms with Crippen LogP contribution in [0.1, 0.15) is 0 Å². The van der Waals surface area contributed by atoms with Crippen molar-refractivity contribution < 1.29 is 10.2 Å². The zero-order valence-electron chi connectivity index (χ0n) is 11.3. The van der Waals surface area contributed by atoms with E-state index < -0.39 is 6.35 Å². The fourth-order valence-electron chi connectivity index (χ4n) is 1.78. The molecular formula is C14H13N5O2S. The third-order valence-corrected chi connectivity index (χ3v) is 3.65. The Labute approximate surface area is 130 Å². The Morgan fingerprint density at radius 2 is 2.00 bits per heavy atom. The molecule has 0 saturated heterocycles. The average molecular weight is 315 g/mol. The fourth-order valence-corrected chi connectivity index (χ4v) is 2.53. The van der Waals surface area contributed by atoms with E-state index in [0.717, 1.165) is 10.6 Å². The SMILES string of the molecule is Oc1cccnc1NC(O)Nc1csc(-c2cccnc2)n1. The first-order chi connectivity index (χ1) is 10.7. The predicted octanol–water partition coefficient (Wildman–Crippen LogP) is 2.11. The standard InChI is InChI=1S/C14H13N5O2S/c20-10-4-2-6-16-12(10)19-14(21)18-11-8-22-13(17-11)9-3-1-5-15-7-9/h1-8,14,18,20-21H,(H,16,19). The average Bonchev–Trinajstić information content (AvgIpc) is 2.99. The minimum absolute atomic E-state index is 0.0438. The van der Waals surface area contributed by atoms with Gasteiger partial charge in [-0.25, -0.2) is 9.97 Å².